The molecule has 4 heteroatoms. The third-order valence-electron chi connectivity index (χ3n) is 2.54. The van der Waals surface area contributed by atoms with Crippen LogP contribution >= 0.6 is 12.2 Å². The first-order valence-electron chi connectivity index (χ1n) is 4.88. The fraction of sp³-hybridized carbons (Fsp3) is 0.700. The highest BCUT2D eigenvalue weighted by Crippen LogP contribution is 2.21. The van der Waals surface area contributed by atoms with Crippen molar-refractivity contribution in [2.75, 3.05) is 0 Å². The van der Waals surface area contributed by atoms with Crippen LogP contribution in [0, 0.1) is 17.2 Å². The van der Waals surface area contributed by atoms with E-state index in [-0.39, 0.29) is 4.99 Å². The van der Waals surface area contributed by atoms with Gasteiger partial charge in [-0.05, 0) is 19.8 Å². The van der Waals surface area contributed by atoms with Crippen molar-refractivity contribution in [3.05, 3.63) is 0 Å². The normalized spacial score (nSPS) is 20.4. The van der Waals surface area contributed by atoms with E-state index >= 15 is 0 Å². The number of hydrogen-bond donors (Lipinski definition) is 1. The predicted molar refractivity (Wildman–Crippen MR) is 61.3 cm³/mol. The minimum absolute atomic E-state index is 0.228. The summed E-state index contributed by atoms with van der Waals surface area (Å²) in [6.45, 7) is 1.84. The standard InChI is InChI=1S/C10H15N3S/c1-7(9(6-11)10(12)14)13-8-4-2-3-5-8/h8-9H,2-5H2,1H3,(H2,12,14). The van der Waals surface area contributed by atoms with E-state index in [9.17, 15) is 0 Å². The van der Waals surface area contributed by atoms with Gasteiger partial charge in [-0.3, -0.25) is 4.99 Å². The molecule has 0 bridgehead atoms. The molecule has 0 amide bonds. The van der Waals surface area contributed by atoms with Gasteiger partial charge in [0.2, 0.25) is 0 Å². The SMILES string of the molecule is CC(=NC1CCCC1)C(C#N)C(N)=S. The smallest absolute Gasteiger partial charge is 0.133 e. The summed E-state index contributed by atoms with van der Waals surface area (Å²) in [5, 5.41) is 8.84. The summed E-state index contributed by atoms with van der Waals surface area (Å²) in [7, 11) is 0. The molecule has 0 radical (unpaired) electrons. The van der Waals surface area contributed by atoms with Crippen molar-refractivity contribution < 1.29 is 0 Å². The van der Waals surface area contributed by atoms with Crippen LogP contribution in [0.1, 0.15) is 32.6 Å². The maximum absolute atomic E-state index is 8.84. The second kappa shape index (κ2) is 5.06. The van der Waals surface area contributed by atoms with Crippen LogP contribution in [0.15, 0.2) is 4.99 Å². The molecular weight excluding hydrogens is 194 g/mol. The number of rotatable bonds is 3. The molecule has 0 heterocycles. The number of aliphatic imine (C=N–C) groups is 1. The molecule has 0 spiro atoms. The quantitative estimate of drug-likeness (QED) is 0.569. The van der Waals surface area contributed by atoms with Crippen LogP contribution in [0.2, 0.25) is 0 Å². The summed E-state index contributed by atoms with van der Waals surface area (Å²) in [4.78, 5) is 4.72. The Balaban J connectivity index is 2.66. The molecule has 1 saturated carbocycles. The lowest BCUT2D eigenvalue weighted by Crippen LogP contribution is -2.26. The Kier molecular flexibility index (Phi) is 4.02. The van der Waals surface area contributed by atoms with Gasteiger partial charge < -0.3 is 5.73 Å². The molecule has 1 fully saturated rings. The summed E-state index contributed by atoms with van der Waals surface area (Å²) in [6, 6.07) is 2.47. The molecule has 0 aromatic heterocycles. The molecule has 14 heavy (non-hydrogen) atoms. The fourth-order valence-electron chi connectivity index (χ4n) is 1.76. The number of thiocarbonyl (C=S) groups is 1. The third-order valence-corrected chi connectivity index (χ3v) is 2.78. The molecule has 1 unspecified atom stereocenters. The number of nitrogens with two attached hydrogens (primary N) is 1. The summed E-state index contributed by atoms with van der Waals surface area (Å²) in [5.41, 5.74) is 6.22. The lowest BCUT2D eigenvalue weighted by molar-refractivity contribution is 0.703. The van der Waals surface area contributed by atoms with E-state index in [2.05, 4.69) is 11.1 Å². The molecule has 2 N–H and O–H groups in total. The Hall–Kier alpha value is -0.950. The molecule has 3 nitrogen and oxygen atoms in total. The van der Waals surface area contributed by atoms with E-state index in [0.717, 1.165) is 18.6 Å². The van der Waals surface area contributed by atoms with Crippen LogP contribution < -0.4 is 5.73 Å². The first-order valence-corrected chi connectivity index (χ1v) is 5.29. The highest BCUT2D eigenvalue weighted by Gasteiger charge is 2.18. The van der Waals surface area contributed by atoms with Crippen molar-refractivity contribution in [3.63, 3.8) is 0 Å². The Morgan fingerprint density at radius 2 is 2.14 bits per heavy atom. The topological polar surface area (TPSA) is 62.2 Å². The summed E-state index contributed by atoms with van der Waals surface area (Å²) in [5.74, 6) is -0.481. The van der Waals surface area contributed by atoms with Crippen molar-refractivity contribution in [3.8, 4) is 6.07 Å². The van der Waals surface area contributed by atoms with Crippen molar-refractivity contribution in [2.24, 2.45) is 16.6 Å². The summed E-state index contributed by atoms with van der Waals surface area (Å²) in [6.07, 6.45) is 4.75. The minimum Gasteiger partial charge on any atom is -0.392 e. The van der Waals surface area contributed by atoms with Gasteiger partial charge in [-0.1, -0.05) is 25.1 Å². The van der Waals surface area contributed by atoms with E-state index in [0.29, 0.717) is 6.04 Å². The Bertz CT molecular complexity index is 284. The van der Waals surface area contributed by atoms with Crippen molar-refractivity contribution in [2.45, 2.75) is 38.6 Å². The average molecular weight is 209 g/mol. The van der Waals surface area contributed by atoms with E-state index in [1.165, 1.54) is 12.8 Å². The molecule has 0 aliphatic heterocycles. The van der Waals surface area contributed by atoms with Crippen molar-refractivity contribution >= 4 is 22.9 Å². The Morgan fingerprint density at radius 1 is 1.57 bits per heavy atom. The van der Waals surface area contributed by atoms with E-state index in [1.54, 1.807) is 0 Å². The van der Waals surface area contributed by atoms with Crippen LogP contribution in [-0.4, -0.2) is 16.7 Å². The predicted octanol–water partition coefficient (Wildman–Crippen LogP) is 1.82. The highest BCUT2D eigenvalue weighted by molar-refractivity contribution is 7.80. The van der Waals surface area contributed by atoms with Gasteiger partial charge in [0, 0.05) is 11.8 Å². The maximum Gasteiger partial charge on any atom is 0.133 e. The van der Waals surface area contributed by atoms with Gasteiger partial charge in [0.15, 0.2) is 0 Å². The summed E-state index contributed by atoms with van der Waals surface area (Å²) >= 11 is 4.81. The molecule has 76 valence electrons. The number of nitrogens with zero attached hydrogens (tertiary/aromatic N) is 2. The largest absolute Gasteiger partial charge is 0.392 e. The second-order valence-electron chi connectivity index (χ2n) is 3.67. The number of hydrogen-bond acceptors (Lipinski definition) is 3. The Morgan fingerprint density at radius 3 is 2.57 bits per heavy atom. The van der Waals surface area contributed by atoms with Gasteiger partial charge >= 0.3 is 0 Å². The van der Waals surface area contributed by atoms with Gasteiger partial charge in [0.25, 0.3) is 0 Å². The van der Waals surface area contributed by atoms with E-state index in [1.807, 2.05) is 6.92 Å². The van der Waals surface area contributed by atoms with E-state index < -0.39 is 5.92 Å². The van der Waals surface area contributed by atoms with Crippen molar-refractivity contribution in [1.29, 1.82) is 5.26 Å². The Labute approximate surface area is 90.0 Å². The van der Waals surface area contributed by atoms with Crippen molar-refractivity contribution in [1.82, 2.24) is 0 Å². The van der Waals surface area contributed by atoms with Gasteiger partial charge in [-0.2, -0.15) is 5.26 Å². The maximum atomic E-state index is 8.84. The zero-order valence-corrected chi connectivity index (χ0v) is 9.18. The van der Waals surface area contributed by atoms with Crippen LogP contribution in [0.5, 0.6) is 0 Å². The minimum atomic E-state index is -0.481. The van der Waals surface area contributed by atoms with Crippen LogP contribution in [0.3, 0.4) is 0 Å². The molecule has 1 aliphatic rings. The van der Waals surface area contributed by atoms with Crippen LogP contribution in [0.4, 0.5) is 0 Å². The third kappa shape index (κ3) is 2.78. The summed E-state index contributed by atoms with van der Waals surface area (Å²) < 4.78 is 0. The molecule has 0 saturated heterocycles. The molecule has 1 rings (SSSR count). The lowest BCUT2D eigenvalue weighted by Gasteiger charge is -2.09. The average Bonchev–Trinajstić information content (AvgIpc) is 2.57. The molecular formula is C10H15N3S. The molecule has 1 atom stereocenters. The zero-order chi connectivity index (χ0) is 10.6. The molecule has 0 aromatic rings. The fourth-order valence-corrected chi connectivity index (χ4v) is 1.98. The highest BCUT2D eigenvalue weighted by atomic mass is 32.1. The van der Waals surface area contributed by atoms with Crippen LogP contribution in [0.25, 0.3) is 0 Å². The van der Waals surface area contributed by atoms with Gasteiger partial charge in [-0.15, -0.1) is 0 Å². The zero-order valence-electron chi connectivity index (χ0n) is 8.36. The van der Waals surface area contributed by atoms with Gasteiger partial charge in [0.05, 0.1) is 11.1 Å². The first kappa shape index (κ1) is 11.1. The first-order chi connectivity index (χ1) is 6.65. The molecule has 0 aromatic carbocycles. The second-order valence-corrected chi connectivity index (χ2v) is 4.14. The number of nitriles is 1. The molecule has 1 aliphatic carbocycles. The van der Waals surface area contributed by atoms with Gasteiger partial charge in [-0.25, -0.2) is 0 Å². The van der Waals surface area contributed by atoms with Crippen LogP contribution in [-0.2, 0) is 0 Å². The monoisotopic (exact) mass is 209 g/mol. The van der Waals surface area contributed by atoms with E-state index in [4.69, 9.17) is 23.2 Å². The lowest BCUT2D eigenvalue weighted by atomic mass is 10.1. The van der Waals surface area contributed by atoms with Gasteiger partial charge in [0.1, 0.15) is 5.92 Å².